The van der Waals surface area contributed by atoms with Gasteiger partial charge in [0.25, 0.3) is 0 Å². The highest BCUT2D eigenvalue weighted by atomic mass is 16.5. The molecule has 0 fully saturated rings. The van der Waals surface area contributed by atoms with E-state index in [1.807, 2.05) is 18.2 Å². The molecule has 0 bridgehead atoms. The average molecular weight is 290 g/mol. The van der Waals surface area contributed by atoms with Gasteiger partial charge in [0.15, 0.2) is 0 Å². The van der Waals surface area contributed by atoms with E-state index in [4.69, 9.17) is 4.74 Å². The van der Waals surface area contributed by atoms with Crippen LogP contribution in [0.1, 0.15) is 56.9 Å². The van der Waals surface area contributed by atoms with Gasteiger partial charge >= 0.3 is 0 Å². The molecule has 0 spiro atoms. The highest BCUT2D eigenvalue weighted by molar-refractivity contribution is 5.13. The van der Waals surface area contributed by atoms with Gasteiger partial charge in [0.2, 0.25) is 0 Å². The molecule has 0 heterocycles. The van der Waals surface area contributed by atoms with E-state index in [9.17, 15) is 5.11 Å². The molecule has 1 aromatic carbocycles. The molecule has 0 saturated heterocycles. The van der Waals surface area contributed by atoms with Crippen molar-refractivity contribution in [2.45, 2.75) is 64.1 Å². The van der Waals surface area contributed by atoms with E-state index in [0.717, 1.165) is 32.5 Å². The van der Waals surface area contributed by atoms with Crippen molar-refractivity contribution in [3.8, 4) is 0 Å². The minimum Gasteiger partial charge on any atom is -0.389 e. The van der Waals surface area contributed by atoms with Crippen molar-refractivity contribution < 1.29 is 9.84 Å². The molecule has 1 aromatic rings. The molecule has 1 rings (SSSR count). The van der Waals surface area contributed by atoms with E-state index < -0.39 is 0 Å². The fourth-order valence-corrected chi connectivity index (χ4v) is 2.32. The van der Waals surface area contributed by atoms with Crippen molar-refractivity contribution in [1.29, 1.82) is 0 Å². The van der Waals surface area contributed by atoms with Gasteiger partial charge in [0, 0.05) is 6.61 Å². The first-order valence-electron chi connectivity index (χ1n) is 8.25. The maximum atomic E-state index is 9.33. The highest BCUT2D eigenvalue weighted by Gasteiger charge is 1.98. The summed E-state index contributed by atoms with van der Waals surface area (Å²) >= 11 is 0. The number of ether oxygens (including phenoxy) is 1. The van der Waals surface area contributed by atoms with Crippen LogP contribution >= 0.6 is 0 Å². The molecule has 0 aromatic heterocycles. The van der Waals surface area contributed by atoms with Crippen molar-refractivity contribution in [2.24, 2.45) is 0 Å². The van der Waals surface area contributed by atoms with Crippen molar-refractivity contribution in [3.63, 3.8) is 0 Å². The molecule has 0 aliphatic heterocycles. The molecule has 0 amide bonds. The molecule has 21 heavy (non-hydrogen) atoms. The number of benzene rings is 1. The van der Waals surface area contributed by atoms with Crippen LogP contribution in [0.3, 0.4) is 0 Å². The number of hydrogen-bond acceptors (Lipinski definition) is 2. The monoisotopic (exact) mass is 290 g/mol. The predicted molar refractivity (Wildman–Crippen MR) is 89.2 cm³/mol. The van der Waals surface area contributed by atoms with E-state index in [0.29, 0.717) is 0 Å². The Morgan fingerprint density at radius 3 is 2.24 bits per heavy atom. The quantitative estimate of drug-likeness (QED) is 0.415. The Labute approximate surface area is 129 Å². The fraction of sp³-hybridized carbons (Fsp3) is 0.579. The highest BCUT2D eigenvalue weighted by Crippen LogP contribution is 2.10. The number of aliphatic hydroxyl groups excluding tert-OH is 1. The van der Waals surface area contributed by atoms with Crippen LogP contribution in [-0.4, -0.2) is 17.8 Å². The summed E-state index contributed by atoms with van der Waals surface area (Å²) in [6.45, 7) is 5.17. The standard InChI is InChI=1S/C19H30O2/c1-2-19(20)15-11-6-4-3-5-7-12-16-21-17-18-13-9-8-10-14-18/h2,8-10,13-14,19-20H,1,3-7,11-12,15-17H2. The maximum absolute atomic E-state index is 9.33. The Hall–Kier alpha value is -1.12. The van der Waals surface area contributed by atoms with E-state index >= 15 is 0 Å². The van der Waals surface area contributed by atoms with Crippen LogP contribution in [0.15, 0.2) is 43.0 Å². The van der Waals surface area contributed by atoms with Gasteiger partial charge in [-0.2, -0.15) is 0 Å². The third kappa shape index (κ3) is 10.3. The van der Waals surface area contributed by atoms with Gasteiger partial charge in [-0.25, -0.2) is 0 Å². The topological polar surface area (TPSA) is 29.5 Å². The van der Waals surface area contributed by atoms with Gasteiger partial charge in [0.1, 0.15) is 0 Å². The summed E-state index contributed by atoms with van der Waals surface area (Å²) in [6.07, 6.45) is 10.8. The molecule has 2 nitrogen and oxygen atoms in total. The van der Waals surface area contributed by atoms with Crippen LogP contribution in [0, 0.1) is 0 Å². The minimum atomic E-state index is -0.313. The molecule has 0 radical (unpaired) electrons. The van der Waals surface area contributed by atoms with E-state index in [2.05, 4.69) is 18.7 Å². The number of rotatable bonds is 13. The molecule has 1 N–H and O–H groups in total. The van der Waals surface area contributed by atoms with Gasteiger partial charge in [-0.3, -0.25) is 0 Å². The first kappa shape index (κ1) is 17.9. The Morgan fingerprint density at radius 2 is 1.57 bits per heavy atom. The summed E-state index contributed by atoms with van der Waals surface area (Å²) in [5.41, 5.74) is 1.25. The summed E-state index contributed by atoms with van der Waals surface area (Å²) in [4.78, 5) is 0. The first-order chi connectivity index (χ1) is 10.3. The van der Waals surface area contributed by atoms with Crippen LogP contribution in [0.5, 0.6) is 0 Å². The first-order valence-corrected chi connectivity index (χ1v) is 8.25. The zero-order chi connectivity index (χ0) is 15.2. The zero-order valence-electron chi connectivity index (χ0n) is 13.2. The lowest BCUT2D eigenvalue weighted by molar-refractivity contribution is 0.116. The van der Waals surface area contributed by atoms with Crippen LogP contribution in [0.2, 0.25) is 0 Å². The molecule has 0 aliphatic rings. The van der Waals surface area contributed by atoms with Crippen LogP contribution in [0.25, 0.3) is 0 Å². The molecular formula is C19H30O2. The number of hydrogen-bond donors (Lipinski definition) is 1. The Bertz CT molecular complexity index is 348. The van der Waals surface area contributed by atoms with Crippen molar-refractivity contribution >= 4 is 0 Å². The van der Waals surface area contributed by atoms with Crippen molar-refractivity contribution in [3.05, 3.63) is 48.6 Å². The molecular weight excluding hydrogens is 260 g/mol. The lowest BCUT2D eigenvalue weighted by Crippen LogP contribution is -2.00. The minimum absolute atomic E-state index is 0.313. The predicted octanol–water partition coefficient (Wildman–Crippen LogP) is 4.87. The SMILES string of the molecule is C=CC(O)CCCCCCCCCOCc1ccccc1. The van der Waals surface area contributed by atoms with Crippen LogP contribution < -0.4 is 0 Å². The normalized spacial score (nSPS) is 12.2. The van der Waals surface area contributed by atoms with Gasteiger partial charge < -0.3 is 9.84 Å². The Morgan fingerprint density at radius 1 is 0.952 bits per heavy atom. The number of unbranched alkanes of at least 4 members (excludes halogenated alkanes) is 6. The molecule has 2 heteroatoms. The lowest BCUT2D eigenvalue weighted by Gasteiger charge is -2.06. The van der Waals surface area contributed by atoms with Gasteiger partial charge in [-0.05, 0) is 18.4 Å². The van der Waals surface area contributed by atoms with Crippen LogP contribution in [0.4, 0.5) is 0 Å². The smallest absolute Gasteiger partial charge is 0.0718 e. The van der Waals surface area contributed by atoms with E-state index in [1.54, 1.807) is 6.08 Å². The van der Waals surface area contributed by atoms with Gasteiger partial charge in [-0.1, -0.05) is 74.9 Å². The molecule has 1 atom stereocenters. The van der Waals surface area contributed by atoms with Crippen molar-refractivity contribution in [1.82, 2.24) is 0 Å². The van der Waals surface area contributed by atoms with E-state index in [1.165, 1.54) is 37.7 Å². The lowest BCUT2D eigenvalue weighted by atomic mass is 10.1. The van der Waals surface area contributed by atoms with Gasteiger partial charge in [-0.15, -0.1) is 6.58 Å². The Kier molecular flexibility index (Phi) is 10.8. The van der Waals surface area contributed by atoms with Crippen LogP contribution in [-0.2, 0) is 11.3 Å². The summed E-state index contributed by atoms with van der Waals surface area (Å²) in [5, 5.41) is 9.33. The summed E-state index contributed by atoms with van der Waals surface area (Å²) in [6, 6.07) is 10.3. The fourth-order valence-electron chi connectivity index (χ4n) is 2.32. The molecule has 1 unspecified atom stereocenters. The second kappa shape index (κ2) is 12.6. The number of aliphatic hydroxyl groups is 1. The molecule has 0 saturated carbocycles. The molecule has 118 valence electrons. The second-order valence-electron chi connectivity index (χ2n) is 5.60. The maximum Gasteiger partial charge on any atom is 0.0718 e. The summed E-state index contributed by atoms with van der Waals surface area (Å²) < 4.78 is 5.67. The second-order valence-corrected chi connectivity index (χ2v) is 5.60. The Balaban J connectivity index is 1.80. The summed E-state index contributed by atoms with van der Waals surface area (Å²) in [7, 11) is 0. The zero-order valence-corrected chi connectivity index (χ0v) is 13.2. The largest absolute Gasteiger partial charge is 0.389 e. The summed E-state index contributed by atoms with van der Waals surface area (Å²) in [5.74, 6) is 0. The van der Waals surface area contributed by atoms with Gasteiger partial charge in [0.05, 0.1) is 12.7 Å². The van der Waals surface area contributed by atoms with E-state index in [-0.39, 0.29) is 6.10 Å². The third-order valence-corrected chi connectivity index (χ3v) is 3.67. The third-order valence-electron chi connectivity index (χ3n) is 3.67. The average Bonchev–Trinajstić information content (AvgIpc) is 2.53. The molecule has 0 aliphatic carbocycles. The van der Waals surface area contributed by atoms with Crippen molar-refractivity contribution in [2.75, 3.05) is 6.61 Å².